The molecule has 96 valence electrons. The molecular formula is C12H24O4. The van der Waals surface area contributed by atoms with Crippen LogP contribution in [0.1, 0.15) is 38.5 Å². The maximum absolute atomic E-state index is 5.35. The molecule has 0 radical (unpaired) electrons. The van der Waals surface area contributed by atoms with Crippen molar-refractivity contribution < 1.29 is 18.9 Å². The summed E-state index contributed by atoms with van der Waals surface area (Å²) in [5, 5.41) is 0. The predicted octanol–water partition coefficient (Wildman–Crippen LogP) is 2.32. The summed E-state index contributed by atoms with van der Waals surface area (Å²) in [5.74, 6) is 0. The highest BCUT2D eigenvalue weighted by molar-refractivity contribution is 4.42. The summed E-state index contributed by atoms with van der Waals surface area (Å²) in [7, 11) is 0. The molecule has 1 saturated heterocycles. The lowest BCUT2D eigenvalue weighted by molar-refractivity contribution is -0.0655. The molecule has 0 atom stereocenters. The lowest BCUT2D eigenvalue weighted by atomic mass is 10.2. The lowest BCUT2D eigenvalue weighted by Crippen LogP contribution is -2.06. The molecule has 1 aliphatic rings. The summed E-state index contributed by atoms with van der Waals surface area (Å²) < 4.78 is 21.4. The summed E-state index contributed by atoms with van der Waals surface area (Å²) in [6.45, 7) is 4.03. The predicted molar refractivity (Wildman–Crippen MR) is 61.2 cm³/mol. The second kappa shape index (κ2) is 11.3. The Morgan fingerprint density at radius 2 is 0.688 bits per heavy atom. The molecule has 16 heavy (non-hydrogen) atoms. The maximum atomic E-state index is 5.35. The van der Waals surface area contributed by atoms with E-state index in [2.05, 4.69) is 0 Å². The minimum absolute atomic E-state index is 0.438. The molecule has 0 bridgehead atoms. The first-order valence-corrected chi connectivity index (χ1v) is 6.31. The van der Waals surface area contributed by atoms with E-state index in [1.165, 1.54) is 0 Å². The van der Waals surface area contributed by atoms with E-state index in [1.807, 2.05) is 0 Å². The zero-order valence-electron chi connectivity index (χ0n) is 10.1. The zero-order chi connectivity index (χ0) is 11.3. The molecule has 0 amide bonds. The fourth-order valence-electron chi connectivity index (χ4n) is 1.52. The second-order valence-electron chi connectivity index (χ2n) is 3.99. The molecular weight excluding hydrogens is 208 g/mol. The molecule has 0 unspecified atom stereocenters. The molecule has 0 aromatic rings. The van der Waals surface area contributed by atoms with Crippen molar-refractivity contribution >= 4 is 0 Å². The highest BCUT2D eigenvalue weighted by Gasteiger charge is 1.95. The van der Waals surface area contributed by atoms with Crippen molar-refractivity contribution in [1.82, 2.24) is 0 Å². The molecule has 1 fully saturated rings. The van der Waals surface area contributed by atoms with Crippen LogP contribution in [0.15, 0.2) is 0 Å². The molecule has 0 aromatic carbocycles. The molecule has 4 heteroatoms. The van der Waals surface area contributed by atoms with Crippen molar-refractivity contribution in [3.8, 4) is 0 Å². The molecule has 1 rings (SSSR count). The van der Waals surface area contributed by atoms with Crippen LogP contribution in [0.25, 0.3) is 0 Å². The van der Waals surface area contributed by atoms with Gasteiger partial charge in [0, 0.05) is 26.4 Å². The van der Waals surface area contributed by atoms with Gasteiger partial charge in [-0.3, -0.25) is 0 Å². The second-order valence-corrected chi connectivity index (χ2v) is 3.99. The van der Waals surface area contributed by atoms with Crippen molar-refractivity contribution in [3.63, 3.8) is 0 Å². The molecule has 0 N–H and O–H groups in total. The summed E-state index contributed by atoms with van der Waals surface area (Å²) in [4.78, 5) is 0. The van der Waals surface area contributed by atoms with Gasteiger partial charge in [-0.1, -0.05) is 0 Å². The summed E-state index contributed by atoms with van der Waals surface area (Å²) in [6, 6.07) is 0. The van der Waals surface area contributed by atoms with Crippen molar-refractivity contribution in [2.45, 2.75) is 38.5 Å². The highest BCUT2D eigenvalue weighted by Crippen LogP contribution is 2.00. The Morgan fingerprint density at radius 1 is 0.375 bits per heavy atom. The van der Waals surface area contributed by atoms with Gasteiger partial charge in [0.2, 0.25) is 0 Å². The Kier molecular flexibility index (Phi) is 9.84. The van der Waals surface area contributed by atoms with E-state index in [0.29, 0.717) is 13.6 Å². The highest BCUT2D eigenvalue weighted by atomic mass is 16.7. The van der Waals surface area contributed by atoms with Crippen LogP contribution in [0.3, 0.4) is 0 Å². The Hall–Kier alpha value is -0.160. The average Bonchev–Trinajstić information content (AvgIpc) is 2.29. The first-order valence-electron chi connectivity index (χ1n) is 6.31. The first kappa shape index (κ1) is 13.9. The van der Waals surface area contributed by atoms with Crippen molar-refractivity contribution in [2.24, 2.45) is 0 Å². The van der Waals surface area contributed by atoms with Gasteiger partial charge in [-0.05, 0) is 38.5 Å². The number of hydrogen-bond donors (Lipinski definition) is 0. The Labute approximate surface area is 98.2 Å². The van der Waals surface area contributed by atoms with Gasteiger partial charge in [0.15, 0.2) is 0 Å². The molecule has 0 spiro atoms. The van der Waals surface area contributed by atoms with E-state index in [4.69, 9.17) is 18.9 Å². The van der Waals surface area contributed by atoms with Crippen LogP contribution in [0.2, 0.25) is 0 Å². The van der Waals surface area contributed by atoms with Gasteiger partial charge in [0.25, 0.3) is 0 Å². The van der Waals surface area contributed by atoms with Gasteiger partial charge >= 0.3 is 0 Å². The molecule has 1 heterocycles. The Bertz CT molecular complexity index is 77.0. The van der Waals surface area contributed by atoms with Gasteiger partial charge < -0.3 is 18.9 Å². The molecule has 4 nitrogen and oxygen atoms in total. The average molecular weight is 232 g/mol. The van der Waals surface area contributed by atoms with E-state index in [1.54, 1.807) is 0 Å². The van der Waals surface area contributed by atoms with Crippen LogP contribution in [-0.2, 0) is 18.9 Å². The van der Waals surface area contributed by atoms with Crippen molar-refractivity contribution in [1.29, 1.82) is 0 Å². The molecule has 1 aliphatic heterocycles. The minimum Gasteiger partial charge on any atom is -0.355 e. The third kappa shape index (κ3) is 9.09. The monoisotopic (exact) mass is 232 g/mol. The van der Waals surface area contributed by atoms with Gasteiger partial charge in [-0.2, -0.15) is 0 Å². The maximum Gasteiger partial charge on any atom is 0.146 e. The number of hydrogen-bond acceptors (Lipinski definition) is 4. The van der Waals surface area contributed by atoms with Gasteiger partial charge in [-0.25, -0.2) is 0 Å². The molecule has 0 saturated carbocycles. The quantitative estimate of drug-likeness (QED) is 0.642. The fraction of sp³-hybridized carbons (Fsp3) is 1.00. The smallest absolute Gasteiger partial charge is 0.146 e. The van der Waals surface area contributed by atoms with Gasteiger partial charge in [-0.15, -0.1) is 0 Å². The van der Waals surface area contributed by atoms with Crippen LogP contribution in [0, 0.1) is 0 Å². The van der Waals surface area contributed by atoms with Gasteiger partial charge in [0.05, 0.1) is 0 Å². The normalized spacial score (nSPS) is 24.0. The van der Waals surface area contributed by atoms with Crippen LogP contribution in [-0.4, -0.2) is 40.0 Å². The van der Waals surface area contributed by atoms with E-state index in [9.17, 15) is 0 Å². The largest absolute Gasteiger partial charge is 0.355 e. The van der Waals surface area contributed by atoms with Crippen LogP contribution >= 0.6 is 0 Å². The fourth-order valence-corrected chi connectivity index (χ4v) is 1.52. The van der Waals surface area contributed by atoms with Gasteiger partial charge in [0.1, 0.15) is 13.6 Å². The molecule has 0 aliphatic carbocycles. The van der Waals surface area contributed by atoms with E-state index < -0.39 is 0 Å². The minimum atomic E-state index is 0.438. The number of rotatable bonds is 0. The third-order valence-electron chi connectivity index (χ3n) is 2.49. The standard InChI is InChI=1S/C12H24O4/c1-3-7-13-11-15-9-5-2-6-10-16-12-14-8-4-1/h1-12H2. The van der Waals surface area contributed by atoms with Crippen LogP contribution in [0.4, 0.5) is 0 Å². The van der Waals surface area contributed by atoms with Crippen molar-refractivity contribution in [2.75, 3.05) is 40.0 Å². The van der Waals surface area contributed by atoms with Crippen molar-refractivity contribution in [3.05, 3.63) is 0 Å². The Balaban J connectivity index is 2.00. The summed E-state index contributed by atoms with van der Waals surface area (Å²) >= 11 is 0. The lowest BCUT2D eigenvalue weighted by Gasteiger charge is -2.08. The summed E-state index contributed by atoms with van der Waals surface area (Å²) in [6.07, 6.45) is 6.59. The van der Waals surface area contributed by atoms with E-state index >= 15 is 0 Å². The van der Waals surface area contributed by atoms with E-state index in [-0.39, 0.29) is 0 Å². The Morgan fingerprint density at radius 3 is 1.00 bits per heavy atom. The summed E-state index contributed by atoms with van der Waals surface area (Å²) in [5.41, 5.74) is 0. The zero-order valence-corrected chi connectivity index (χ0v) is 10.1. The topological polar surface area (TPSA) is 36.9 Å². The van der Waals surface area contributed by atoms with E-state index in [0.717, 1.165) is 65.0 Å². The van der Waals surface area contributed by atoms with Crippen LogP contribution in [0.5, 0.6) is 0 Å². The number of ether oxygens (including phenoxy) is 4. The van der Waals surface area contributed by atoms with Crippen LogP contribution < -0.4 is 0 Å². The molecule has 0 aromatic heterocycles. The third-order valence-corrected chi connectivity index (χ3v) is 2.49. The first-order chi connectivity index (χ1) is 8.00. The SMILES string of the molecule is C1CCOCOCCCCCOCOCC1.